The van der Waals surface area contributed by atoms with Crippen molar-refractivity contribution in [2.75, 3.05) is 6.54 Å². The normalized spacial score (nSPS) is 26.6. The van der Waals surface area contributed by atoms with Crippen LogP contribution in [0.1, 0.15) is 65.5 Å². The Hall–Kier alpha value is -0.820. The van der Waals surface area contributed by atoms with Crippen LogP contribution in [0.5, 0.6) is 0 Å². The van der Waals surface area contributed by atoms with Gasteiger partial charge in [0.25, 0.3) is 0 Å². The second-order valence-corrected chi connectivity index (χ2v) is 7.96. The van der Waals surface area contributed by atoms with Gasteiger partial charge >= 0.3 is 0 Å². The summed E-state index contributed by atoms with van der Waals surface area (Å²) < 4.78 is 0. The lowest BCUT2D eigenvalue weighted by molar-refractivity contribution is 0.131. The lowest BCUT2D eigenvalue weighted by Crippen LogP contribution is -2.51. The molecule has 1 fully saturated rings. The summed E-state index contributed by atoms with van der Waals surface area (Å²) in [7, 11) is 0. The van der Waals surface area contributed by atoms with E-state index in [0.717, 1.165) is 12.5 Å². The molecule has 0 saturated heterocycles. The fraction of sp³-hybridized carbons (Fsp3) is 0.684. The highest BCUT2D eigenvalue weighted by atomic mass is 14.9. The SMILES string of the molecule is CC(C)NCC1(c2ccc(C(C)(C)C)cc2)CCC1C. The molecule has 1 aliphatic carbocycles. The van der Waals surface area contributed by atoms with Crippen molar-refractivity contribution in [2.24, 2.45) is 5.92 Å². The molecule has 1 N–H and O–H groups in total. The van der Waals surface area contributed by atoms with Crippen LogP contribution in [-0.2, 0) is 10.8 Å². The summed E-state index contributed by atoms with van der Waals surface area (Å²) in [5.41, 5.74) is 3.56. The van der Waals surface area contributed by atoms with Gasteiger partial charge < -0.3 is 5.32 Å². The molecule has 2 rings (SSSR count). The van der Waals surface area contributed by atoms with Crippen molar-refractivity contribution in [3.8, 4) is 0 Å². The van der Waals surface area contributed by atoms with Gasteiger partial charge in [-0.3, -0.25) is 0 Å². The molecule has 0 spiro atoms. The van der Waals surface area contributed by atoms with Crippen LogP contribution in [0.2, 0.25) is 0 Å². The maximum atomic E-state index is 3.66. The fourth-order valence-corrected chi connectivity index (χ4v) is 3.26. The molecule has 1 nitrogen and oxygen atoms in total. The highest BCUT2D eigenvalue weighted by Gasteiger charge is 2.44. The lowest BCUT2D eigenvalue weighted by Gasteiger charge is -2.49. The van der Waals surface area contributed by atoms with Gasteiger partial charge in [0.05, 0.1) is 0 Å². The first-order valence-corrected chi connectivity index (χ1v) is 8.10. The third-order valence-electron chi connectivity index (χ3n) is 5.12. The average Bonchev–Trinajstić information content (AvgIpc) is 2.37. The fourth-order valence-electron chi connectivity index (χ4n) is 3.26. The van der Waals surface area contributed by atoms with E-state index in [2.05, 4.69) is 71.1 Å². The Morgan fingerprint density at radius 3 is 2.15 bits per heavy atom. The molecule has 0 aliphatic heterocycles. The summed E-state index contributed by atoms with van der Waals surface area (Å²) in [6.07, 6.45) is 2.68. The van der Waals surface area contributed by atoms with Gasteiger partial charge in [-0.05, 0) is 35.3 Å². The van der Waals surface area contributed by atoms with E-state index in [0.29, 0.717) is 11.5 Å². The molecule has 1 aliphatic rings. The highest BCUT2D eigenvalue weighted by molar-refractivity contribution is 5.35. The molecule has 2 atom stereocenters. The molecule has 1 saturated carbocycles. The van der Waals surface area contributed by atoms with E-state index < -0.39 is 0 Å². The first-order valence-electron chi connectivity index (χ1n) is 8.10. The van der Waals surface area contributed by atoms with Crippen molar-refractivity contribution >= 4 is 0 Å². The standard InChI is InChI=1S/C19H31N/c1-14(2)20-13-19(12-11-15(19)3)17-9-7-16(8-10-17)18(4,5)6/h7-10,14-15,20H,11-13H2,1-6H3. The van der Waals surface area contributed by atoms with E-state index in [1.807, 2.05) is 0 Å². The summed E-state index contributed by atoms with van der Waals surface area (Å²) in [4.78, 5) is 0. The van der Waals surface area contributed by atoms with Crippen LogP contribution in [0.25, 0.3) is 0 Å². The largest absolute Gasteiger partial charge is 0.314 e. The van der Waals surface area contributed by atoms with Crippen molar-refractivity contribution < 1.29 is 0 Å². The van der Waals surface area contributed by atoms with Gasteiger partial charge in [0.1, 0.15) is 0 Å². The zero-order valence-electron chi connectivity index (χ0n) is 14.1. The van der Waals surface area contributed by atoms with Gasteiger partial charge in [-0.2, -0.15) is 0 Å². The van der Waals surface area contributed by atoms with Crippen molar-refractivity contribution in [3.05, 3.63) is 35.4 Å². The molecule has 20 heavy (non-hydrogen) atoms. The Morgan fingerprint density at radius 1 is 1.20 bits per heavy atom. The Labute approximate surface area is 125 Å². The van der Waals surface area contributed by atoms with Crippen LogP contribution in [-0.4, -0.2) is 12.6 Å². The molecule has 1 aromatic rings. The summed E-state index contributed by atoms with van der Waals surface area (Å²) in [6.45, 7) is 14.8. The minimum absolute atomic E-state index is 0.243. The molecule has 1 aromatic carbocycles. The maximum absolute atomic E-state index is 3.66. The summed E-state index contributed by atoms with van der Waals surface area (Å²) >= 11 is 0. The molecular formula is C19H31N. The number of hydrogen-bond acceptors (Lipinski definition) is 1. The van der Waals surface area contributed by atoms with Gasteiger partial charge in [-0.25, -0.2) is 0 Å². The van der Waals surface area contributed by atoms with Crippen molar-refractivity contribution in [1.82, 2.24) is 5.32 Å². The Morgan fingerprint density at radius 2 is 1.80 bits per heavy atom. The Kier molecular flexibility index (Phi) is 4.30. The molecule has 0 bridgehead atoms. The van der Waals surface area contributed by atoms with E-state index in [9.17, 15) is 0 Å². The molecule has 0 radical (unpaired) electrons. The van der Waals surface area contributed by atoms with Crippen LogP contribution in [0.15, 0.2) is 24.3 Å². The van der Waals surface area contributed by atoms with E-state index in [1.54, 1.807) is 0 Å². The first kappa shape index (κ1) is 15.6. The quantitative estimate of drug-likeness (QED) is 0.842. The minimum Gasteiger partial charge on any atom is -0.314 e. The van der Waals surface area contributed by atoms with Gasteiger partial charge in [0, 0.05) is 18.0 Å². The number of rotatable bonds is 4. The van der Waals surface area contributed by atoms with Crippen LogP contribution >= 0.6 is 0 Å². The smallest absolute Gasteiger partial charge is 0.0103 e. The molecule has 1 heteroatoms. The molecule has 0 amide bonds. The first-order chi connectivity index (χ1) is 9.25. The Bertz CT molecular complexity index is 438. The minimum atomic E-state index is 0.243. The summed E-state index contributed by atoms with van der Waals surface area (Å²) in [5.74, 6) is 0.786. The van der Waals surface area contributed by atoms with E-state index >= 15 is 0 Å². The second-order valence-electron chi connectivity index (χ2n) is 7.96. The summed E-state index contributed by atoms with van der Waals surface area (Å²) in [6, 6.07) is 9.97. The number of nitrogens with one attached hydrogen (secondary N) is 1. The van der Waals surface area contributed by atoms with Crippen LogP contribution < -0.4 is 5.32 Å². The predicted molar refractivity (Wildman–Crippen MR) is 88.4 cm³/mol. The lowest BCUT2D eigenvalue weighted by atomic mass is 9.57. The van der Waals surface area contributed by atoms with Crippen LogP contribution in [0.4, 0.5) is 0 Å². The van der Waals surface area contributed by atoms with Crippen molar-refractivity contribution in [1.29, 1.82) is 0 Å². The van der Waals surface area contributed by atoms with Gasteiger partial charge in [-0.1, -0.05) is 65.8 Å². The zero-order chi connectivity index (χ0) is 15.0. The second kappa shape index (κ2) is 5.52. The molecule has 0 heterocycles. The van der Waals surface area contributed by atoms with Gasteiger partial charge in [-0.15, -0.1) is 0 Å². The predicted octanol–water partition coefficient (Wildman–Crippen LogP) is 4.65. The van der Waals surface area contributed by atoms with Crippen LogP contribution in [0.3, 0.4) is 0 Å². The average molecular weight is 273 g/mol. The Balaban J connectivity index is 2.22. The molecule has 112 valence electrons. The topological polar surface area (TPSA) is 12.0 Å². The van der Waals surface area contributed by atoms with Crippen molar-refractivity contribution in [3.63, 3.8) is 0 Å². The van der Waals surface area contributed by atoms with Gasteiger partial charge in [0.15, 0.2) is 0 Å². The maximum Gasteiger partial charge on any atom is 0.0103 e. The van der Waals surface area contributed by atoms with Gasteiger partial charge in [0.2, 0.25) is 0 Å². The zero-order valence-corrected chi connectivity index (χ0v) is 14.1. The molecule has 0 aromatic heterocycles. The summed E-state index contributed by atoms with van der Waals surface area (Å²) in [5, 5.41) is 3.66. The number of hydrogen-bond donors (Lipinski definition) is 1. The van der Waals surface area contributed by atoms with Crippen molar-refractivity contribution in [2.45, 2.75) is 71.3 Å². The van der Waals surface area contributed by atoms with Crippen LogP contribution in [0, 0.1) is 5.92 Å². The van der Waals surface area contributed by atoms with E-state index in [-0.39, 0.29) is 5.41 Å². The molecular weight excluding hydrogens is 242 g/mol. The van der Waals surface area contributed by atoms with E-state index in [4.69, 9.17) is 0 Å². The third-order valence-corrected chi connectivity index (χ3v) is 5.12. The van der Waals surface area contributed by atoms with E-state index in [1.165, 1.54) is 24.0 Å². The number of benzene rings is 1. The highest BCUT2D eigenvalue weighted by Crippen LogP contribution is 2.48. The monoisotopic (exact) mass is 273 g/mol. The molecule has 2 unspecified atom stereocenters. The third kappa shape index (κ3) is 2.93.